The average Bonchev–Trinajstić information content (AvgIpc) is 3.09. The molecule has 1 amide bonds. The van der Waals surface area contributed by atoms with E-state index in [4.69, 9.17) is 4.74 Å². The van der Waals surface area contributed by atoms with Gasteiger partial charge in [0.05, 0.1) is 24.4 Å². The number of carbonyl (C=O) groups is 2. The highest BCUT2D eigenvalue weighted by Gasteiger charge is 2.14. The van der Waals surface area contributed by atoms with Crippen LogP contribution in [0.1, 0.15) is 23.1 Å². The summed E-state index contributed by atoms with van der Waals surface area (Å²) in [5.41, 5.74) is 0.315. The minimum Gasteiger partial charge on any atom is -0.466 e. The van der Waals surface area contributed by atoms with Gasteiger partial charge in [0, 0.05) is 11.4 Å². The maximum Gasteiger partial charge on any atom is 0.311 e. The Morgan fingerprint density at radius 1 is 1.21 bits per heavy atom. The molecule has 0 fully saturated rings. The maximum absolute atomic E-state index is 13.1. The molecule has 8 nitrogen and oxygen atoms in total. The second-order valence-corrected chi connectivity index (χ2v) is 6.38. The zero-order valence-corrected chi connectivity index (χ0v) is 15.5. The molecule has 3 rings (SSSR count). The Labute approximate surface area is 162 Å². The lowest BCUT2D eigenvalue weighted by Gasteiger charge is -2.06. The van der Waals surface area contributed by atoms with Crippen LogP contribution in [-0.2, 0) is 16.0 Å². The lowest BCUT2D eigenvalue weighted by atomic mass is 10.3. The normalized spacial score (nSPS) is 10.5. The molecule has 2 aromatic heterocycles. The van der Waals surface area contributed by atoms with Gasteiger partial charge in [-0.05, 0) is 37.3 Å². The SMILES string of the molecule is CCOC(=O)Cc1csc(NC(=O)c2ccc(=O)n(-c3ccc(F)cc3)n2)n1. The number of ether oxygens (including phenoxy) is 1. The Bertz CT molecular complexity index is 1060. The predicted molar refractivity (Wildman–Crippen MR) is 100 cm³/mol. The molecule has 0 aliphatic rings. The second kappa shape index (κ2) is 8.53. The second-order valence-electron chi connectivity index (χ2n) is 5.52. The zero-order valence-electron chi connectivity index (χ0n) is 14.7. The Morgan fingerprint density at radius 3 is 2.68 bits per heavy atom. The smallest absolute Gasteiger partial charge is 0.311 e. The summed E-state index contributed by atoms with van der Waals surface area (Å²) in [6.07, 6.45) is 0.00784. The van der Waals surface area contributed by atoms with Gasteiger partial charge in [0.2, 0.25) is 0 Å². The van der Waals surface area contributed by atoms with Gasteiger partial charge < -0.3 is 4.74 Å². The van der Waals surface area contributed by atoms with E-state index in [1.165, 1.54) is 36.4 Å². The first-order valence-electron chi connectivity index (χ1n) is 8.24. The van der Waals surface area contributed by atoms with E-state index in [2.05, 4.69) is 15.4 Å². The Morgan fingerprint density at radius 2 is 1.96 bits per heavy atom. The van der Waals surface area contributed by atoms with Gasteiger partial charge >= 0.3 is 5.97 Å². The number of hydrogen-bond donors (Lipinski definition) is 1. The van der Waals surface area contributed by atoms with Gasteiger partial charge in [-0.2, -0.15) is 9.78 Å². The largest absolute Gasteiger partial charge is 0.466 e. The van der Waals surface area contributed by atoms with Crippen molar-refractivity contribution in [3.63, 3.8) is 0 Å². The molecule has 10 heteroatoms. The number of anilines is 1. The van der Waals surface area contributed by atoms with Crippen molar-refractivity contribution in [3.8, 4) is 5.69 Å². The fourth-order valence-corrected chi connectivity index (χ4v) is 2.97. The van der Waals surface area contributed by atoms with Crippen molar-refractivity contribution in [3.05, 3.63) is 69.3 Å². The monoisotopic (exact) mass is 402 g/mol. The summed E-state index contributed by atoms with van der Waals surface area (Å²) in [6.45, 7) is 1.99. The van der Waals surface area contributed by atoms with E-state index in [0.29, 0.717) is 11.4 Å². The summed E-state index contributed by atoms with van der Waals surface area (Å²) in [5.74, 6) is -1.43. The third-order valence-corrected chi connectivity index (χ3v) is 4.31. The molecule has 1 aromatic carbocycles. The van der Waals surface area contributed by atoms with Crippen LogP contribution < -0.4 is 10.9 Å². The van der Waals surface area contributed by atoms with Crippen molar-refractivity contribution in [2.45, 2.75) is 13.3 Å². The van der Waals surface area contributed by atoms with Crippen molar-refractivity contribution < 1.29 is 18.7 Å². The fourth-order valence-electron chi connectivity index (χ4n) is 2.27. The Hall–Kier alpha value is -3.40. The van der Waals surface area contributed by atoms with Crippen LogP contribution >= 0.6 is 11.3 Å². The lowest BCUT2D eigenvalue weighted by molar-refractivity contribution is -0.142. The molecule has 0 aliphatic carbocycles. The van der Waals surface area contributed by atoms with Gasteiger partial charge in [-0.25, -0.2) is 9.37 Å². The molecule has 2 heterocycles. The first kappa shape index (κ1) is 19.4. The van der Waals surface area contributed by atoms with E-state index in [1.807, 2.05) is 0 Å². The summed E-state index contributed by atoms with van der Waals surface area (Å²) in [4.78, 5) is 40.1. The lowest BCUT2D eigenvalue weighted by Crippen LogP contribution is -2.24. The van der Waals surface area contributed by atoms with Crippen LogP contribution in [0.4, 0.5) is 9.52 Å². The van der Waals surface area contributed by atoms with Crippen molar-refractivity contribution in [1.29, 1.82) is 0 Å². The van der Waals surface area contributed by atoms with Crippen LogP contribution in [0.2, 0.25) is 0 Å². The molecule has 0 spiro atoms. The molecular formula is C18H15FN4O4S. The summed E-state index contributed by atoms with van der Waals surface area (Å²) < 4.78 is 18.9. The molecule has 0 saturated carbocycles. The number of nitrogens with zero attached hydrogens (tertiary/aromatic N) is 3. The third-order valence-electron chi connectivity index (χ3n) is 3.51. The molecule has 3 aromatic rings. The van der Waals surface area contributed by atoms with Crippen LogP contribution in [0.3, 0.4) is 0 Å². The number of halogens is 1. The van der Waals surface area contributed by atoms with E-state index < -0.39 is 23.3 Å². The highest BCUT2D eigenvalue weighted by molar-refractivity contribution is 7.14. The van der Waals surface area contributed by atoms with Gasteiger partial charge in [0.25, 0.3) is 11.5 Å². The number of amides is 1. The molecule has 0 atom stereocenters. The van der Waals surface area contributed by atoms with Crippen molar-refractivity contribution >= 4 is 28.3 Å². The number of rotatable bonds is 6. The topological polar surface area (TPSA) is 103 Å². The molecule has 0 radical (unpaired) electrons. The molecule has 0 unspecified atom stereocenters. The number of benzene rings is 1. The molecule has 0 aliphatic heterocycles. The van der Waals surface area contributed by atoms with Crippen molar-refractivity contribution in [2.75, 3.05) is 11.9 Å². The van der Waals surface area contributed by atoms with Gasteiger partial charge in [-0.1, -0.05) is 0 Å². The Kier molecular flexibility index (Phi) is 5.90. The number of hydrogen-bond acceptors (Lipinski definition) is 7. The van der Waals surface area contributed by atoms with E-state index in [1.54, 1.807) is 12.3 Å². The summed E-state index contributed by atoms with van der Waals surface area (Å²) in [5, 5.41) is 8.51. The standard InChI is InChI=1S/C18H15FN4O4S/c1-2-27-16(25)9-12-10-28-18(20-12)21-17(26)14-7-8-15(24)23(22-14)13-5-3-11(19)4-6-13/h3-8,10H,2,9H2,1H3,(H,20,21,26). The highest BCUT2D eigenvalue weighted by Crippen LogP contribution is 2.17. The van der Waals surface area contributed by atoms with E-state index >= 15 is 0 Å². The first-order chi connectivity index (χ1) is 13.5. The minimum atomic E-state index is -0.576. The van der Waals surface area contributed by atoms with Crippen LogP contribution in [0.5, 0.6) is 0 Å². The van der Waals surface area contributed by atoms with Gasteiger partial charge in [-0.3, -0.25) is 19.7 Å². The molecule has 144 valence electrons. The first-order valence-corrected chi connectivity index (χ1v) is 9.12. The predicted octanol–water partition coefficient (Wildman–Crippen LogP) is 2.19. The molecule has 28 heavy (non-hydrogen) atoms. The third kappa shape index (κ3) is 4.65. The number of nitrogens with one attached hydrogen (secondary N) is 1. The summed E-state index contributed by atoms with van der Waals surface area (Å²) >= 11 is 1.15. The fraction of sp³-hybridized carbons (Fsp3) is 0.167. The van der Waals surface area contributed by atoms with Gasteiger partial charge in [0.1, 0.15) is 11.5 Å². The number of esters is 1. The van der Waals surface area contributed by atoms with Gasteiger partial charge in [0.15, 0.2) is 5.13 Å². The Balaban J connectivity index is 1.75. The van der Waals surface area contributed by atoms with E-state index in [-0.39, 0.29) is 23.9 Å². The number of carbonyl (C=O) groups excluding carboxylic acids is 2. The molecule has 0 bridgehead atoms. The molecule has 1 N–H and O–H groups in total. The number of aromatic nitrogens is 3. The summed E-state index contributed by atoms with van der Waals surface area (Å²) in [7, 11) is 0. The maximum atomic E-state index is 13.1. The minimum absolute atomic E-state index is 0.00784. The zero-order chi connectivity index (χ0) is 20.1. The van der Waals surface area contributed by atoms with Crippen LogP contribution in [0, 0.1) is 5.82 Å². The summed E-state index contributed by atoms with van der Waals surface area (Å²) in [6, 6.07) is 7.62. The highest BCUT2D eigenvalue weighted by atomic mass is 32.1. The quantitative estimate of drug-likeness (QED) is 0.634. The molecule has 0 saturated heterocycles. The van der Waals surface area contributed by atoms with E-state index in [9.17, 15) is 18.8 Å². The average molecular weight is 402 g/mol. The van der Waals surface area contributed by atoms with E-state index in [0.717, 1.165) is 16.0 Å². The van der Waals surface area contributed by atoms with Crippen LogP contribution in [-0.4, -0.2) is 33.2 Å². The van der Waals surface area contributed by atoms with Gasteiger partial charge in [-0.15, -0.1) is 11.3 Å². The molecular weight excluding hydrogens is 387 g/mol. The van der Waals surface area contributed by atoms with Crippen LogP contribution in [0.25, 0.3) is 5.69 Å². The van der Waals surface area contributed by atoms with Crippen molar-refractivity contribution in [1.82, 2.24) is 14.8 Å². The van der Waals surface area contributed by atoms with Crippen molar-refractivity contribution in [2.24, 2.45) is 0 Å². The number of thiazole rings is 1. The van der Waals surface area contributed by atoms with Crippen LogP contribution in [0.15, 0.2) is 46.6 Å².